The molecule has 20 heavy (non-hydrogen) atoms. The summed E-state index contributed by atoms with van der Waals surface area (Å²) in [6.07, 6.45) is 0. The maximum absolute atomic E-state index is 12.2. The molecule has 1 saturated heterocycles. The third kappa shape index (κ3) is 3.40. The lowest BCUT2D eigenvalue weighted by Crippen LogP contribution is -2.35. The van der Waals surface area contributed by atoms with Gasteiger partial charge >= 0.3 is 0 Å². The van der Waals surface area contributed by atoms with Crippen molar-refractivity contribution in [3.05, 3.63) is 34.3 Å². The normalized spacial score (nSPS) is 23.0. The van der Waals surface area contributed by atoms with Crippen LogP contribution in [0.3, 0.4) is 0 Å². The monoisotopic (exact) mass is 340 g/mol. The Labute approximate surface area is 128 Å². The maximum Gasteiger partial charge on any atom is 0.226 e. The summed E-state index contributed by atoms with van der Waals surface area (Å²) in [5.74, 6) is 0.0450. The first-order chi connectivity index (χ1) is 9.52. The molecule has 1 heterocycles. The quantitative estimate of drug-likeness (QED) is 0.904. The lowest BCUT2D eigenvalue weighted by Gasteiger charge is -2.20. The van der Waals surface area contributed by atoms with Gasteiger partial charge in [0, 0.05) is 50.7 Å². The predicted molar refractivity (Wildman–Crippen MR) is 82.2 cm³/mol. The van der Waals surface area contributed by atoms with E-state index in [1.807, 2.05) is 18.2 Å². The van der Waals surface area contributed by atoms with Gasteiger partial charge in [0.1, 0.15) is 0 Å². The molecule has 1 fully saturated rings. The van der Waals surface area contributed by atoms with E-state index in [9.17, 15) is 9.90 Å². The smallest absolute Gasteiger partial charge is 0.226 e. The van der Waals surface area contributed by atoms with Crippen molar-refractivity contribution in [2.24, 2.45) is 11.8 Å². The molecule has 1 aromatic rings. The second kappa shape index (κ2) is 6.70. The number of likely N-dealkylation sites (tertiary alicyclic amines) is 1. The summed E-state index contributed by atoms with van der Waals surface area (Å²) < 4.78 is 1.09. The largest absolute Gasteiger partial charge is 0.396 e. The van der Waals surface area contributed by atoms with Crippen LogP contribution in [0.5, 0.6) is 0 Å². The highest BCUT2D eigenvalue weighted by atomic mass is 79.9. The lowest BCUT2D eigenvalue weighted by atomic mass is 9.96. The van der Waals surface area contributed by atoms with Gasteiger partial charge in [-0.05, 0) is 11.6 Å². The zero-order chi connectivity index (χ0) is 14.7. The van der Waals surface area contributed by atoms with Gasteiger partial charge in [0.2, 0.25) is 5.91 Å². The first-order valence-electron chi connectivity index (χ1n) is 6.80. The summed E-state index contributed by atoms with van der Waals surface area (Å²) in [5.41, 5.74) is 1.21. The summed E-state index contributed by atoms with van der Waals surface area (Å²) >= 11 is 3.55. The van der Waals surface area contributed by atoms with Crippen molar-refractivity contribution in [1.82, 2.24) is 9.80 Å². The van der Waals surface area contributed by atoms with E-state index < -0.39 is 0 Å². The Bertz CT molecular complexity index is 479. The molecule has 1 N–H and O–H groups in total. The van der Waals surface area contributed by atoms with Crippen molar-refractivity contribution < 1.29 is 9.90 Å². The van der Waals surface area contributed by atoms with Crippen LogP contribution in [0.1, 0.15) is 5.56 Å². The summed E-state index contributed by atoms with van der Waals surface area (Å²) in [7, 11) is 3.54. The fourth-order valence-electron chi connectivity index (χ4n) is 2.75. The van der Waals surface area contributed by atoms with Gasteiger partial charge in [-0.3, -0.25) is 9.69 Å². The Balaban J connectivity index is 2.05. The average Bonchev–Trinajstić information content (AvgIpc) is 2.83. The minimum atomic E-state index is -0.0995. The maximum atomic E-state index is 12.2. The number of halogens is 1. The number of hydrogen-bond acceptors (Lipinski definition) is 3. The van der Waals surface area contributed by atoms with E-state index in [1.165, 1.54) is 5.56 Å². The Hall–Kier alpha value is -0.910. The lowest BCUT2D eigenvalue weighted by molar-refractivity contribution is -0.134. The molecule has 0 unspecified atom stereocenters. The molecule has 1 aliphatic rings. The summed E-state index contributed by atoms with van der Waals surface area (Å²) in [4.78, 5) is 16.0. The Morgan fingerprint density at radius 1 is 1.40 bits per heavy atom. The van der Waals surface area contributed by atoms with Crippen LogP contribution in [0.2, 0.25) is 0 Å². The Kier molecular flexibility index (Phi) is 5.18. The van der Waals surface area contributed by atoms with Gasteiger partial charge < -0.3 is 10.0 Å². The minimum absolute atomic E-state index is 0.0346. The van der Waals surface area contributed by atoms with E-state index in [2.05, 4.69) is 26.9 Å². The highest BCUT2D eigenvalue weighted by Gasteiger charge is 2.37. The van der Waals surface area contributed by atoms with Crippen LogP contribution in [0.25, 0.3) is 0 Å². The van der Waals surface area contributed by atoms with Crippen LogP contribution in [0.4, 0.5) is 0 Å². The molecule has 4 nitrogen and oxygen atoms in total. The minimum Gasteiger partial charge on any atom is -0.396 e. The number of carbonyl (C=O) groups excluding carboxylic acids is 1. The molecule has 1 aromatic carbocycles. The van der Waals surface area contributed by atoms with Crippen LogP contribution in [-0.4, -0.2) is 54.6 Å². The molecule has 0 aromatic heterocycles. The fraction of sp³-hybridized carbons (Fsp3) is 0.533. The standard InChI is InChI=1S/C15H21BrN2O2/c1-17(2)15(20)13-9-18(8-12(13)10-19)7-11-5-3-4-6-14(11)16/h3-6,12-13,19H,7-10H2,1-2H3/t12-,13+/m0/s1. The summed E-state index contributed by atoms with van der Waals surface area (Å²) in [6.45, 7) is 2.34. The first-order valence-corrected chi connectivity index (χ1v) is 7.60. The van der Waals surface area contributed by atoms with Crippen molar-refractivity contribution in [3.8, 4) is 0 Å². The molecule has 1 amide bonds. The second-order valence-electron chi connectivity index (χ2n) is 5.57. The highest BCUT2D eigenvalue weighted by molar-refractivity contribution is 9.10. The van der Waals surface area contributed by atoms with Crippen molar-refractivity contribution in [2.45, 2.75) is 6.54 Å². The van der Waals surface area contributed by atoms with Crippen molar-refractivity contribution >= 4 is 21.8 Å². The van der Waals surface area contributed by atoms with Crippen molar-refractivity contribution in [2.75, 3.05) is 33.8 Å². The summed E-state index contributed by atoms with van der Waals surface area (Å²) in [6, 6.07) is 8.12. The van der Waals surface area contributed by atoms with Crippen molar-refractivity contribution in [3.63, 3.8) is 0 Å². The van der Waals surface area contributed by atoms with Crippen LogP contribution in [-0.2, 0) is 11.3 Å². The van der Waals surface area contributed by atoms with Crippen molar-refractivity contribution in [1.29, 1.82) is 0 Å². The van der Waals surface area contributed by atoms with Gasteiger partial charge in [-0.25, -0.2) is 0 Å². The molecule has 0 bridgehead atoms. The average molecular weight is 341 g/mol. The molecule has 0 radical (unpaired) electrons. The van der Waals surface area contributed by atoms with Crippen LogP contribution >= 0.6 is 15.9 Å². The number of amides is 1. The SMILES string of the molecule is CN(C)C(=O)[C@@H]1CN(Cc2ccccc2Br)C[C@H]1CO. The van der Waals surface area contributed by atoms with Gasteiger partial charge in [0.25, 0.3) is 0 Å². The summed E-state index contributed by atoms with van der Waals surface area (Å²) in [5, 5.41) is 9.50. The Morgan fingerprint density at radius 2 is 2.10 bits per heavy atom. The fourth-order valence-corrected chi connectivity index (χ4v) is 3.16. The Morgan fingerprint density at radius 3 is 2.70 bits per heavy atom. The van der Waals surface area contributed by atoms with Crippen LogP contribution in [0.15, 0.2) is 28.7 Å². The first kappa shape index (κ1) is 15.5. The molecule has 1 aliphatic heterocycles. The van der Waals surface area contributed by atoms with Gasteiger partial charge in [-0.1, -0.05) is 34.1 Å². The highest BCUT2D eigenvalue weighted by Crippen LogP contribution is 2.27. The molecule has 2 rings (SSSR count). The van der Waals surface area contributed by atoms with Gasteiger partial charge in [0.05, 0.1) is 5.92 Å². The molecule has 5 heteroatoms. The number of aliphatic hydroxyl groups is 1. The van der Waals surface area contributed by atoms with Crippen LogP contribution < -0.4 is 0 Å². The van der Waals surface area contributed by atoms with Gasteiger partial charge in [-0.2, -0.15) is 0 Å². The molecule has 110 valence electrons. The molecule has 0 aliphatic carbocycles. The van der Waals surface area contributed by atoms with E-state index in [4.69, 9.17) is 0 Å². The number of aliphatic hydroxyl groups excluding tert-OH is 1. The van der Waals surface area contributed by atoms with E-state index in [0.717, 1.165) is 17.6 Å². The van der Waals surface area contributed by atoms with Gasteiger partial charge in [0.15, 0.2) is 0 Å². The number of hydrogen-bond donors (Lipinski definition) is 1. The predicted octanol–water partition coefficient (Wildman–Crippen LogP) is 1.58. The van der Waals surface area contributed by atoms with E-state index in [1.54, 1.807) is 19.0 Å². The molecular weight excluding hydrogens is 320 g/mol. The third-order valence-electron chi connectivity index (χ3n) is 3.86. The zero-order valence-electron chi connectivity index (χ0n) is 11.9. The van der Waals surface area contributed by atoms with E-state index in [0.29, 0.717) is 6.54 Å². The van der Waals surface area contributed by atoms with Crippen LogP contribution in [0, 0.1) is 11.8 Å². The molecule has 0 saturated carbocycles. The third-order valence-corrected chi connectivity index (χ3v) is 4.63. The molecular formula is C15H21BrN2O2. The molecule has 0 spiro atoms. The second-order valence-corrected chi connectivity index (χ2v) is 6.42. The van der Waals surface area contributed by atoms with Gasteiger partial charge in [-0.15, -0.1) is 0 Å². The van der Waals surface area contributed by atoms with E-state index in [-0.39, 0.29) is 24.3 Å². The number of rotatable bonds is 4. The van der Waals surface area contributed by atoms with E-state index >= 15 is 0 Å². The number of nitrogens with zero attached hydrogens (tertiary/aromatic N) is 2. The number of benzene rings is 1. The zero-order valence-corrected chi connectivity index (χ0v) is 13.5. The number of carbonyl (C=O) groups is 1. The topological polar surface area (TPSA) is 43.8 Å². The molecule has 2 atom stereocenters.